The zero-order valence-electron chi connectivity index (χ0n) is 89.4. The van der Waals surface area contributed by atoms with Crippen LogP contribution in [0.2, 0.25) is 0 Å². The Morgan fingerprint density at radius 3 is 1.61 bits per heavy atom. The van der Waals surface area contributed by atoms with Crippen LogP contribution in [-0.2, 0) is 67.7 Å². The van der Waals surface area contributed by atoms with Crippen LogP contribution in [-0.4, -0.2) is 117 Å². The summed E-state index contributed by atoms with van der Waals surface area (Å²) in [5.41, 5.74) is 13.0. The van der Waals surface area contributed by atoms with Gasteiger partial charge >= 0.3 is 22.3 Å². The van der Waals surface area contributed by atoms with E-state index >= 15 is 0 Å². The first-order valence-corrected chi connectivity index (χ1v) is 55.5. The van der Waals surface area contributed by atoms with Gasteiger partial charge in [0.2, 0.25) is 23.6 Å². The standard InChI is InChI=1S/C30H55N3O6.C30H37NO2.C29H43NO4S.C29H43NO2S/c1-7-9-10-11-12-13-16-21-33(8-2)28(36)32-23-17-14-15-18-24(23)38-25(34)19-20-31-27(35)26-29(3,4)22-37-30(5,6)39-26;1-2-3-4-5-6-15-22-33-29-21-14-13-20-27(29)24-30(32)31-28(26-18-11-8-12-19-26)23-25-16-9-7-10-17-25;1-17(2)22-14-25(20(7)8)27(26(15-22)21(9)10)16-28(31)30-35(32,33)34-29-23(18(3)4)12-11-13-24(29)19(5)6;1-5-6-7-8-9-10-11-12-13-17-20-33-28(25-18-15-14-16-19-25)29(32)30-26-21-22(2)27(31)24(4)23(26)3/h23-24,26H,7-22H2,1-6H3,(H,31,35)(H,32,36);7-14,16-21,28H,2-6,15,22-24H2,1H3,(H,31,32);11-15,17-21H,16H2,1-10H3,(H,30,31);14-16,18-19,21,28,31H,5-13,17,20H2,1-4H3,(H,30,32). The van der Waals surface area contributed by atoms with Crippen LogP contribution in [0.5, 0.6) is 17.2 Å². The quantitative estimate of drug-likeness (QED) is 0.0118. The molecule has 1 aliphatic carbocycles. The number of carbonyl (C=O) groups is 6. The van der Waals surface area contributed by atoms with Gasteiger partial charge in [-0.2, -0.15) is 8.42 Å². The monoisotopic (exact) mass is 1970 g/mol. The molecule has 0 bridgehead atoms. The Morgan fingerprint density at radius 1 is 0.550 bits per heavy atom. The van der Waals surface area contributed by atoms with Gasteiger partial charge in [0, 0.05) is 36.3 Å². The number of nitrogens with one attached hydrogen (secondary N) is 5. The predicted molar refractivity (Wildman–Crippen MR) is 578 cm³/mol. The summed E-state index contributed by atoms with van der Waals surface area (Å²) in [4.78, 5) is 79.7. The van der Waals surface area contributed by atoms with Gasteiger partial charge in [-0.15, -0.1) is 11.8 Å². The molecule has 5 atom stereocenters. The Kier molecular flexibility index (Phi) is 54.4. The van der Waals surface area contributed by atoms with Gasteiger partial charge in [-0.05, 0) is 201 Å². The highest BCUT2D eigenvalue weighted by molar-refractivity contribution is 8.00. The molecule has 776 valence electrons. The lowest BCUT2D eigenvalue weighted by molar-refractivity contribution is -0.304. The second-order valence-electron chi connectivity index (χ2n) is 41.0. The maximum absolute atomic E-state index is 13.3. The fourth-order valence-corrected chi connectivity index (χ4v) is 19.8. The van der Waals surface area contributed by atoms with Crippen molar-refractivity contribution in [2.45, 2.75) is 409 Å². The number of aryl methyl sites for hydroxylation is 1. The van der Waals surface area contributed by atoms with E-state index in [2.05, 4.69) is 125 Å². The molecule has 1 saturated heterocycles. The van der Waals surface area contributed by atoms with E-state index in [1.54, 1.807) is 25.6 Å². The summed E-state index contributed by atoms with van der Waals surface area (Å²) < 4.78 is 57.0. The van der Waals surface area contributed by atoms with Crippen LogP contribution in [0.1, 0.15) is 418 Å². The first-order chi connectivity index (χ1) is 66.8. The Balaban J connectivity index is 0.000000287. The molecule has 1 aliphatic heterocycles. The number of unbranched alkanes of at least 4 members (excludes halogenated alkanes) is 20. The maximum Gasteiger partial charge on any atom is 0.409 e. The average molecular weight is 1970 g/mol. The first kappa shape index (κ1) is 119. The molecule has 6 N–H and O–H groups in total. The molecule has 140 heavy (non-hydrogen) atoms. The lowest BCUT2D eigenvalue weighted by Gasteiger charge is -2.44. The predicted octanol–water partition coefficient (Wildman–Crippen LogP) is 28.3. The number of hydrogen-bond acceptors (Lipinski definition) is 15. The summed E-state index contributed by atoms with van der Waals surface area (Å²) in [7, 11) is -4.35. The molecule has 1 heterocycles. The minimum atomic E-state index is -4.35. The van der Waals surface area contributed by atoms with Gasteiger partial charge < -0.3 is 54.4 Å². The molecule has 22 heteroatoms. The molecule has 1 saturated carbocycles. The first-order valence-electron chi connectivity index (χ1n) is 53.1. The molecule has 2 aliphatic rings. The number of nitrogens with zero attached hydrogens (tertiary/aromatic N) is 1. The summed E-state index contributed by atoms with van der Waals surface area (Å²) in [6, 6.07) is 49.9. The molecule has 9 rings (SSSR count). The van der Waals surface area contributed by atoms with E-state index in [9.17, 15) is 42.3 Å². The molecule has 7 aromatic carbocycles. The number of thioether (sulfide) groups is 1. The molecule has 2 fully saturated rings. The number of esters is 1. The minimum absolute atomic E-state index is 0.00543. The van der Waals surface area contributed by atoms with Crippen molar-refractivity contribution >= 4 is 63.4 Å². The molecule has 0 aromatic heterocycles. The molecule has 0 spiro atoms. The van der Waals surface area contributed by atoms with E-state index in [1.165, 1.54) is 133 Å². The van der Waals surface area contributed by atoms with Crippen molar-refractivity contribution in [1.82, 2.24) is 25.6 Å². The van der Waals surface area contributed by atoms with Crippen LogP contribution in [0, 0.1) is 26.2 Å². The van der Waals surface area contributed by atoms with Crippen LogP contribution < -0.4 is 34.9 Å². The topological polar surface area (TPSA) is 266 Å². The lowest BCUT2D eigenvalue weighted by atomic mass is 9.83. The Hall–Kier alpha value is -9.22. The van der Waals surface area contributed by atoms with Gasteiger partial charge in [0.05, 0.1) is 44.6 Å². The van der Waals surface area contributed by atoms with E-state index < -0.39 is 33.5 Å². The third-order valence-corrected chi connectivity index (χ3v) is 28.6. The number of carbonyl (C=O) groups excluding carboxylic acids is 6. The average Bonchev–Trinajstić information content (AvgIpc) is 0.793. The van der Waals surface area contributed by atoms with Crippen molar-refractivity contribution in [3.8, 4) is 17.2 Å². The Bertz CT molecular complexity index is 4870. The van der Waals surface area contributed by atoms with E-state index in [1.807, 2.05) is 189 Å². The fourth-order valence-electron chi connectivity index (χ4n) is 17.8. The SMILES string of the molecule is CC(C)c1cc(C(C)C)c(CC(=O)NS(=O)(=O)Oc2c(C(C)C)cccc2C(C)C)c(C(C)C)c1.CCCCCCCCCCCCSC(C(=O)Nc1cc(C)c(O)c(C)c1C)c1ccccc1.CCCCCCCCCN(CC)C(=O)NC1CCCCC1OC(=O)CCNC(=O)C1OC(C)(C)OCC1(C)C.CCCCCCCCOc1ccccc1CC(=O)NC(Cc1ccccc1)c1ccccc1. The van der Waals surface area contributed by atoms with Crippen LogP contribution in [0.25, 0.3) is 0 Å². The van der Waals surface area contributed by atoms with Gasteiger partial charge in [-0.25, -0.2) is 9.52 Å². The summed E-state index contributed by atoms with van der Waals surface area (Å²) in [5, 5.41) is 22.3. The normalized spacial score (nSPS) is 15.3. The molecular weight excluding hydrogens is 1790 g/mol. The zero-order valence-corrected chi connectivity index (χ0v) is 91.0. The number of phenols is 1. The van der Waals surface area contributed by atoms with E-state index in [0.717, 1.165) is 143 Å². The number of anilines is 1. The molecule has 6 amide bonds. The molecule has 0 radical (unpaired) electrons. The summed E-state index contributed by atoms with van der Waals surface area (Å²) in [5.74, 6) is 1.27. The second kappa shape index (κ2) is 63.7. The summed E-state index contributed by atoms with van der Waals surface area (Å²) in [6.07, 6.45) is 32.7. The van der Waals surface area contributed by atoms with Crippen molar-refractivity contribution in [1.29, 1.82) is 0 Å². The van der Waals surface area contributed by atoms with Crippen molar-refractivity contribution in [2.24, 2.45) is 5.41 Å². The van der Waals surface area contributed by atoms with Crippen molar-refractivity contribution in [2.75, 3.05) is 43.9 Å². The van der Waals surface area contributed by atoms with Crippen molar-refractivity contribution in [3.63, 3.8) is 0 Å². The minimum Gasteiger partial charge on any atom is -0.507 e. The fraction of sp³-hybridized carbons (Fsp3) is 0.593. The largest absolute Gasteiger partial charge is 0.507 e. The number of ether oxygens (including phenoxy) is 4. The van der Waals surface area contributed by atoms with Gasteiger partial charge in [-0.1, -0.05) is 378 Å². The van der Waals surface area contributed by atoms with Crippen LogP contribution in [0.4, 0.5) is 10.5 Å². The zero-order chi connectivity index (χ0) is 103. The van der Waals surface area contributed by atoms with E-state index in [4.69, 9.17) is 23.1 Å². The van der Waals surface area contributed by atoms with Crippen LogP contribution >= 0.6 is 11.8 Å². The van der Waals surface area contributed by atoms with E-state index in [-0.39, 0.29) is 96.2 Å². The number of benzene rings is 7. The van der Waals surface area contributed by atoms with Crippen molar-refractivity contribution < 1.29 is 65.4 Å². The van der Waals surface area contributed by atoms with Gasteiger partial charge in [0.1, 0.15) is 29.0 Å². The highest BCUT2D eigenvalue weighted by Gasteiger charge is 2.46. The smallest absolute Gasteiger partial charge is 0.409 e. The number of amides is 6. The highest BCUT2D eigenvalue weighted by Crippen LogP contribution is 2.40. The third-order valence-electron chi connectivity index (χ3n) is 26.4. The lowest BCUT2D eigenvalue weighted by Crippen LogP contribution is -2.56. The van der Waals surface area contributed by atoms with Gasteiger partial charge in [0.25, 0.3) is 0 Å². The number of urea groups is 1. The summed E-state index contributed by atoms with van der Waals surface area (Å²) >= 11 is 1.74. The van der Waals surface area contributed by atoms with Gasteiger partial charge in [0.15, 0.2) is 11.5 Å². The number of hydrogen-bond donors (Lipinski definition) is 6. The van der Waals surface area contributed by atoms with Gasteiger partial charge in [-0.3, -0.25) is 24.0 Å². The summed E-state index contributed by atoms with van der Waals surface area (Å²) in [6.45, 7) is 45.2. The molecule has 20 nitrogen and oxygen atoms in total. The number of aromatic hydroxyl groups is 1. The van der Waals surface area contributed by atoms with Crippen LogP contribution in [0.15, 0.2) is 152 Å². The molecular formula is C118H178N6O14S2. The number of phenolic OH excluding ortho intramolecular Hbond substituents is 1. The van der Waals surface area contributed by atoms with Crippen molar-refractivity contribution in [3.05, 3.63) is 224 Å². The molecule has 7 aromatic rings. The maximum atomic E-state index is 13.3. The second-order valence-corrected chi connectivity index (χ2v) is 43.5. The number of rotatable bonds is 54. The molecule has 5 unspecified atom stereocenters. The third kappa shape index (κ3) is 42.7. The van der Waals surface area contributed by atoms with E-state index in [0.29, 0.717) is 43.6 Å². The number of para-hydroxylation sites is 2. The highest BCUT2D eigenvalue weighted by atomic mass is 32.2. The van der Waals surface area contributed by atoms with Crippen LogP contribution in [0.3, 0.4) is 0 Å². The Morgan fingerprint density at radius 2 is 1.06 bits per heavy atom. The Labute approximate surface area is 848 Å².